The van der Waals surface area contributed by atoms with Crippen molar-refractivity contribution < 1.29 is 9.53 Å². The molecule has 0 aliphatic carbocycles. The molecular formula is C24H30ClN3O2. The van der Waals surface area contributed by atoms with E-state index in [1.807, 2.05) is 42.5 Å². The second-order valence-corrected chi connectivity index (χ2v) is 7.76. The summed E-state index contributed by atoms with van der Waals surface area (Å²) < 4.78 is 8.06. The topological polar surface area (TPSA) is 56.2 Å². The fraction of sp³-hybridized carbons (Fsp3) is 0.417. The number of imidazole rings is 1. The van der Waals surface area contributed by atoms with Crippen LogP contribution in [0.15, 0.2) is 48.5 Å². The summed E-state index contributed by atoms with van der Waals surface area (Å²) in [6, 6.07) is 15.6. The van der Waals surface area contributed by atoms with Crippen LogP contribution in [0, 0.1) is 5.92 Å². The van der Waals surface area contributed by atoms with E-state index >= 15 is 0 Å². The van der Waals surface area contributed by atoms with Crippen molar-refractivity contribution in [2.45, 2.75) is 46.1 Å². The molecule has 0 radical (unpaired) electrons. The number of para-hydroxylation sites is 3. The summed E-state index contributed by atoms with van der Waals surface area (Å²) in [5, 5.41) is 3.69. The zero-order valence-corrected chi connectivity index (χ0v) is 18.5. The van der Waals surface area contributed by atoms with E-state index in [1.165, 1.54) is 0 Å². The molecule has 0 bridgehead atoms. The van der Waals surface area contributed by atoms with Crippen LogP contribution >= 0.6 is 11.6 Å². The Morgan fingerprint density at radius 3 is 2.63 bits per heavy atom. The highest BCUT2D eigenvalue weighted by molar-refractivity contribution is 6.32. The summed E-state index contributed by atoms with van der Waals surface area (Å²) in [5.41, 5.74) is 2.09. The number of hydrogen-bond acceptors (Lipinski definition) is 3. The van der Waals surface area contributed by atoms with Crippen LogP contribution in [0.3, 0.4) is 0 Å². The molecule has 0 saturated carbocycles. The highest BCUT2D eigenvalue weighted by Crippen LogP contribution is 2.23. The number of fused-ring (bicyclic) bond motifs is 1. The number of halogens is 1. The average molecular weight is 428 g/mol. The molecule has 0 aliphatic rings. The first-order valence-corrected chi connectivity index (χ1v) is 11.1. The lowest BCUT2D eigenvalue weighted by Crippen LogP contribution is -2.32. The minimum atomic E-state index is 0.0887. The maximum absolute atomic E-state index is 12.3. The number of amides is 1. The molecule has 1 aromatic heterocycles. The minimum Gasteiger partial charge on any atom is -0.492 e. The van der Waals surface area contributed by atoms with Gasteiger partial charge in [-0.15, -0.1) is 0 Å². The number of carbonyl (C=O) groups excluding carboxylic acids is 1. The number of rotatable bonds is 11. The highest BCUT2D eigenvalue weighted by Gasteiger charge is 2.15. The molecule has 0 unspecified atom stereocenters. The molecule has 6 heteroatoms. The van der Waals surface area contributed by atoms with Gasteiger partial charge in [-0.05, 0) is 43.5 Å². The van der Waals surface area contributed by atoms with Gasteiger partial charge in [0.05, 0.1) is 22.7 Å². The van der Waals surface area contributed by atoms with Gasteiger partial charge in [0.1, 0.15) is 11.6 Å². The molecule has 0 spiro atoms. The van der Waals surface area contributed by atoms with Gasteiger partial charge in [0.15, 0.2) is 0 Å². The van der Waals surface area contributed by atoms with Crippen molar-refractivity contribution in [3.63, 3.8) is 0 Å². The Labute approximate surface area is 183 Å². The van der Waals surface area contributed by atoms with Crippen molar-refractivity contribution in [1.82, 2.24) is 14.9 Å². The van der Waals surface area contributed by atoms with Crippen molar-refractivity contribution >= 4 is 28.5 Å². The van der Waals surface area contributed by atoms with E-state index in [1.54, 1.807) is 0 Å². The van der Waals surface area contributed by atoms with Gasteiger partial charge in [-0.2, -0.15) is 0 Å². The van der Waals surface area contributed by atoms with E-state index in [4.69, 9.17) is 21.3 Å². The maximum atomic E-state index is 12.3. The first kappa shape index (κ1) is 22.2. The third kappa shape index (κ3) is 5.54. The van der Waals surface area contributed by atoms with E-state index in [9.17, 15) is 4.79 Å². The average Bonchev–Trinajstić information content (AvgIpc) is 3.10. The number of aromatic nitrogens is 2. The van der Waals surface area contributed by atoms with E-state index in [0.717, 1.165) is 42.7 Å². The Balaban J connectivity index is 1.61. The van der Waals surface area contributed by atoms with E-state index in [2.05, 4.69) is 29.8 Å². The third-order valence-corrected chi connectivity index (χ3v) is 5.67. The molecule has 0 saturated heterocycles. The predicted molar refractivity (Wildman–Crippen MR) is 122 cm³/mol. The lowest BCUT2D eigenvalue weighted by Gasteiger charge is -2.14. The first-order valence-electron chi connectivity index (χ1n) is 10.7. The lowest BCUT2D eigenvalue weighted by molar-refractivity contribution is -0.125. The summed E-state index contributed by atoms with van der Waals surface area (Å²) >= 11 is 6.16. The van der Waals surface area contributed by atoms with Crippen LogP contribution in [0.2, 0.25) is 5.02 Å². The third-order valence-electron chi connectivity index (χ3n) is 5.36. The Morgan fingerprint density at radius 1 is 1.13 bits per heavy atom. The zero-order valence-electron chi connectivity index (χ0n) is 17.7. The van der Waals surface area contributed by atoms with Gasteiger partial charge < -0.3 is 14.6 Å². The SMILES string of the molecule is CCC(CC)C(=O)NCCc1nc2ccccc2n1CCCOc1ccccc1Cl. The molecule has 0 atom stereocenters. The van der Waals surface area contributed by atoms with Gasteiger partial charge in [0.2, 0.25) is 5.91 Å². The van der Waals surface area contributed by atoms with Gasteiger partial charge >= 0.3 is 0 Å². The van der Waals surface area contributed by atoms with Crippen molar-refractivity contribution in [2.24, 2.45) is 5.92 Å². The van der Waals surface area contributed by atoms with Gasteiger partial charge in [0.25, 0.3) is 0 Å². The number of hydrogen-bond donors (Lipinski definition) is 1. The Morgan fingerprint density at radius 2 is 1.87 bits per heavy atom. The molecule has 5 nitrogen and oxygen atoms in total. The van der Waals surface area contributed by atoms with Crippen molar-refractivity contribution in [3.8, 4) is 5.75 Å². The van der Waals surface area contributed by atoms with Crippen LogP contribution in [0.5, 0.6) is 5.75 Å². The van der Waals surface area contributed by atoms with Crippen LogP contribution in [-0.2, 0) is 17.8 Å². The van der Waals surface area contributed by atoms with Crippen LogP contribution in [-0.4, -0.2) is 28.6 Å². The molecule has 0 fully saturated rings. The number of nitrogens with zero attached hydrogens (tertiary/aromatic N) is 2. The molecular weight excluding hydrogens is 398 g/mol. The fourth-order valence-corrected chi connectivity index (χ4v) is 3.82. The molecule has 160 valence electrons. The molecule has 30 heavy (non-hydrogen) atoms. The van der Waals surface area contributed by atoms with Crippen LogP contribution in [0.25, 0.3) is 11.0 Å². The number of aryl methyl sites for hydroxylation is 1. The summed E-state index contributed by atoms with van der Waals surface area (Å²) in [6.45, 7) is 6.06. The maximum Gasteiger partial charge on any atom is 0.223 e. The number of benzene rings is 2. The standard InChI is InChI=1S/C24H30ClN3O2/c1-3-18(4-2)24(29)26-15-14-23-27-20-11-6-7-12-21(20)28(23)16-9-17-30-22-13-8-5-10-19(22)25/h5-8,10-13,18H,3-4,9,14-17H2,1-2H3,(H,26,29). The van der Waals surface area contributed by atoms with Gasteiger partial charge in [0, 0.05) is 25.4 Å². The molecule has 2 aromatic carbocycles. The predicted octanol–water partition coefficient (Wildman–Crippen LogP) is 5.25. The highest BCUT2D eigenvalue weighted by atomic mass is 35.5. The molecule has 1 heterocycles. The molecule has 1 amide bonds. The number of nitrogens with one attached hydrogen (secondary N) is 1. The Bertz CT molecular complexity index is 966. The van der Waals surface area contributed by atoms with Gasteiger partial charge in [-0.25, -0.2) is 4.98 Å². The molecule has 0 aliphatic heterocycles. The first-order chi connectivity index (χ1) is 14.6. The second-order valence-electron chi connectivity index (χ2n) is 7.36. The van der Waals surface area contributed by atoms with E-state index in [-0.39, 0.29) is 11.8 Å². The summed E-state index contributed by atoms with van der Waals surface area (Å²) in [7, 11) is 0. The lowest BCUT2D eigenvalue weighted by atomic mass is 10.0. The molecule has 1 N–H and O–H groups in total. The van der Waals surface area contributed by atoms with Crippen molar-refractivity contribution in [1.29, 1.82) is 0 Å². The zero-order chi connectivity index (χ0) is 21.3. The molecule has 3 aromatic rings. The van der Waals surface area contributed by atoms with Crippen LogP contribution in [0.4, 0.5) is 0 Å². The Kier molecular flexibility index (Phi) is 8.14. The monoisotopic (exact) mass is 427 g/mol. The Hall–Kier alpha value is -2.53. The van der Waals surface area contributed by atoms with Crippen molar-refractivity contribution in [3.05, 3.63) is 59.4 Å². The quantitative estimate of drug-likeness (QED) is 0.425. The van der Waals surface area contributed by atoms with E-state index < -0.39 is 0 Å². The molecule has 3 rings (SSSR count). The summed E-state index contributed by atoms with van der Waals surface area (Å²) in [6.07, 6.45) is 3.27. The van der Waals surface area contributed by atoms with Crippen LogP contribution < -0.4 is 10.1 Å². The smallest absolute Gasteiger partial charge is 0.223 e. The minimum absolute atomic E-state index is 0.0887. The van der Waals surface area contributed by atoms with Gasteiger partial charge in [-0.3, -0.25) is 4.79 Å². The number of carbonyl (C=O) groups is 1. The fourth-order valence-electron chi connectivity index (χ4n) is 3.63. The van der Waals surface area contributed by atoms with Crippen molar-refractivity contribution in [2.75, 3.05) is 13.2 Å². The van der Waals surface area contributed by atoms with Gasteiger partial charge in [-0.1, -0.05) is 49.7 Å². The summed E-state index contributed by atoms with van der Waals surface area (Å²) in [5.74, 6) is 1.92. The van der Waals surface area contributed by atoms with Crippen LogP contribution in [0.1, 0.15) is 38.9 Å². The number of ether oxygens (including phenoxy) is 1. The second kappa shape index (κ2) is 11.0. The van der Waals surface area contributed by atoms with E-state index in [0.29, 0.717) is 30.3 Å². The normalized spacial score (nSPS) is 11.2. The largest absolute Gasteiger partial charge is 0.492 e. The summed E-state index contributed by atoms with van der Waals surface area (Å²) in [4.78, 5) is 17.1.